The molecule has 2 amide bonds. The molecule has 1 aromatic carbocycles. The molecule has 4 nitrogen and oxygen atoms in total. The lowest BCUT2D eigenvalue weighted by molar-refractivity contribution is -0.136. The van der Waals surface area contributed by atoms with Crippen LogP contribution >= 0.6 is 11.8 Å². The smallest absolute Gasteiger partial charge is 0.250 e. The summed E-state index contributed by atoms with van der Waals surface area (Å²) in [6, 6.07) is 7.78. The number of carbonyl (C=O) groups excluding carboxylic acids is 2. The molecule has 2 fully saturated rings. The number of hydrogen-bond donors (Lipinski definition) is 0. The van der Waals surface area contributed by atoms with Gasteiger partial charge in [-0.05, 0) is 31.4 Å². The summed E-state index contributed by atoms with van der Waals surface area (Å²) in [5.41, 5.74) is 2.25. The highest BCUT2D eigenvalue weighted by Gasteiger charge is 2.53. The summed E-state index contributed by atoms with van der Waals surface area (Å²) in [5.74, 6) is 0.944. The third kappa shape index (κ3) is 1.83. The Morgan fingerprint density at radius 3 is 3.00 bits per heavy atom. The van der Waals surface area contributed by atoms with Crippen molar-refractivity contribution in [1.82, 2.24) is 4.90 Å². The number of thioether (sulfide) groups is 1. The van der Waals surface area contributed by atoms with E-state index in [1.807, 2.05) is 28.0 Å². The van der Waals surface area contributed by atoms with E-state index in [0.29, 0.717) is 6.42 Å². The first-order valence-corrected chi connectivity index (χ1v) is 8.44. The highest BCUT2D eigenvalue weighted by Crippen LogP contribution is 2.48. The van der Waals surface area contributed by atoms with Gasteiger partial charge < -0.3 is 9.80 Å². The van der Waals surface area contributed by atoms with Gasteiger partial charge in [-0.3, -0.25) is 9.59 Å². The Morgan fingerprint density at radius 2 is 2.14 bits per heavy atom. The summed E-state index contributed by atoms with van der Waals surface area (Å²) < 4.78 is 0. The highest BCUT2D eigenvalue weighted by molar-refractivity contribution is 8.01. The minimum Gasteiger partial charge on any atom is -0.315 e. The third-order valence-electron chi connectivity index (χ3n) is 4.88. The summed E-state index contributed by atoms with van der Waals surface area (Å²) in [6.45, 7) is 2.83. The van der Waals surface area contributed by atoms with Gasteiger partial charge in [-0.1, -0.05) is 18.2 Å². The Hall–Kier alpha value is -1.49. The van der Waals surface area contributed by atoms with Crippen molar-refractivity contribution < 1.29 is 9.59 Å². The standard InChI is InChI=1S/C16H18N2O2S/c1-16-8-6-14(19)18(16)13(10-21-16)15(20)17-9-7-11-4-2-3-5-12(11)17/h2-5,13H,6-10H2,1H3/t13-,16-/m1/s1. The molecule has 5 heteroatoms. The van der Waals surface area contributed by atoms with Crippen molar-refractivity contribution in [1.29, 1.82) is 0 Å². The molecule has 0 unspecified atom stereocenters. The van der Waals surface area contributed by atoms with Crippen LogP contribution in [0.2, 0.25) is 0 Å². The second-order valence-electron chi connectivity index (χ2n) is 6.13. The quantitative estimate of drug-likeness (QED) is 0.797. The molecule has 0 saturated carbocycles. The van der Waals surface area contributed by atoms with E-state index in [0.717, 1.165) is 30.8 Å². The molecule has 3 heterocycles. The van der Waals surface area contributed by atoms with Gasteiger partial charge in [-0.25, -0.2) is 0 Å². The largest absolute Gasteiger partial charge is 0.315 e. The van der Waals surface area contributed by atoms with Crippen LogP contribution in [-0.2, 0) is 16.0 Å². The maximum absolute atomic E-state index is 13.0. The van der Waals surface area contributed by atoms with Gasteiger partial charge in [0.25, 0.3) is 5.91 Å². The monoisotopic (exact) mass is 302 g/mol. The lowest BCUT2D eigenvalue weighted by Crippen LogP contribution is -2.51. The number of amides is 2. The van der Waals surface area contributed by atoms with Crippen molar-refractivity contribution in [2.45, 2.75) is 37.1 Å². The van der Waals surface area contributed by atoms with Gasteiger partial charge in [0.15, 0.2) is 0 Å². The van der Waals surface area contributed by atoms with Crippen molar-refractivity contribution in [3.8, 4) is 0 Å². The van der Waals surface area contributed by atoms with E-state index in [1.165, 1.54) is 5.56 Å². The average Bonchev–Trinajstić information content (AvgIpc) is 3.13. The van der Waals surface area contributed by atoms with Crippen LogP contribution in [0.4, 0.5) is 5.69 Å². The number of benzene rings is 1. The zero-order valence-electron chi connectivity index (χ0n) is 12.0. The van der Waals surface area contributed by atoms with Crippen LogP contribution in [0.3, 0.4) is 0 Å². The van der Waals surface area contributed by atoms with Crippen LogP contribution in [0.25, 0.3) is 0 Å². The topological polar surface area (TPSA) is 40.6 Å². The fourth-order valence-electron chi connectivity index (χ4n) is 3.75. The van der Waals surface area contributed by atoms with E-state index in [1.54, 1.807) is 11.8 Å². The summed E-state index contributed by atoms with van der Waals surface area (Å²) in [6.07, 6.45) is 2.34. The van der Waals surface area contributed by atoms with Gasteiger partial charge in [0.1, 0.15) is 6.04 Å². The maximum Gasteiger partial charge on any atom is 0.250 e. The molecule has 0 aliphatic carbocycles. The van der Waals surface area contributed by atoms with E-state index in [9.17, 15) is 9.59 Å². The maximum atomic E-state index is 13.0. The lowest BCUT2D eigenvalue weighted by Gasteiger charge is -2.32. The lowest BCUT2D eigenvalue weighted by atomic mass is 10.1. The van der Waals surface area contributed by atoms with Crippen LogP contribution < -0.4 is 4.90 Å². The number of hydrogen-bond acceptors (Lipinski definition) is 3. The first kappa shape index (κ1) is 13.2. The summed E-state index contributed by atoms with van der Waals surface area (Å²) in [7, 11) is 0. The molecule has 0 N–H and O–H groups in total. The molecule has 110 valence electrons. The van der Waals surface area contributed by atoms with Gasteiger partial charge in [0, 0.05) is 24.4 Å². The molecule has 21 heavy (non-hydrogen) atoms. The second-order valence-corrected chi connectivity index (χ2v) is 7.64. The molecule has 2 saturated heterocycles. The molecule has 3 aliphatic rings. The van der Waals surface area contributed by atoms with Crippen molar-refractivity contribution in [3.63, 3.8) is 0 Å². The predicted molar refractivity (Wildman–Crippen MR) is 83.2 cm³/mol. The van der Waals surface area contributed by atoms with Gasteiger partial charge in [0.2, 0.25) is 5.91 Å². The number of anilines is 1. The molecule has 4 rings (SSSR count). The highest BCUT2D eigenvalue weighted by atomic mass is 32.2. The average molecular weight is 302 g/mol. The van der Waals surface area contributed by atoms with Crippen LogP contribution in [0, 0.1) is 0 Å². The van der Waals surface area contributed by atoms with Crippen molar-refractivity contribution in [2.24, 2.45) is 0 Å². The van der Waals surface area contributed by atoms with Gasteiger partial charge in [-0.15, -0.1) is 11.8 Å². The number of fused-ring (bicyclic) bond motifs is 2. The van der Waals surface area contributed by atoms with Crippen molar-refractivity contribution >= 4 is 29.3 Å². The summed E-state index contributed by atoms with van der Waals surface area (Å²) in [5, 5.41) is 0. The van der Waals surface area contributed by atoms with Crippen LogP contribution in [-0.4, -0.2) is 39.9 Å². The number of para-hydroxylation sites is 1. The molecular formula is C16H18N2O2S. The Kier molecular flexibility index (Phi) is 2.83. The fraction of sp³-hybridized carbons (Fsp3) is 0.500. The van der Waals surface area contributed by atoms with Crippen LogP contribution in [0.5, 0.6) is 0 Å². The molecule has 0 spiro atoms. The van der Waals surface area contributed by atoms with Gasteiger partial charge in [-0.2, -0.15) is 0 Å². The van der Waals surface area contributed by atoms with E-state index in [-0.39, 0.29) is 22.7 Å². The Bertz CT molecular complexity index is 632. The minimum absolute atomic E-state index is 0.0893. The zero-order chi connectivity index (χ0) is 14.6. The van der Waals surface area contributed by atoms with Crippen LogP contribution in [0.15, 0.2) is 24.3 Å². The van der Waals surface area contributed by atoms with E-state index in [4.69, 9.17) is 0 Å². The molecular weight excluding hydrogens is 284 g/mol. The first-order chi connectivity index (χ1) is 10.1. The van der Waals surface area contributed by atoms with Crippen LogP contribution in [0.1, 0.15) is 25.3 Å². The molecule has 0 bridgehead atoms. The van der Waals surface area contributed by atoms with Crippen molar-refractivity contribution in [3.05, 3.63) is 29.8 Å². The predicted octanol–water partition coefficient (Wildman–Crippen LogP) is 2.03. The van der Waals surface area contributed by atoms with Gasteiger partial charge in [0.05, 0.1) is 4.87 Å². The summed E-state index contributed by atoms with van der Waals surface area (Å²) >= 11 is 1.75. The summed E-state index contributed by atoms with van der Waals surface area (Å²) in [4.78, 5) is 28.7. The molecule has 2 atom stereocenters. The number of carbonyl (C=O) groups is 2. The Labute approximate surface area is 128 Å². The normalized spacial score (nSPS) is 30.7. The van der Waals surface area contributed by atoms with E-state index < -0.39 is 0 Å². The SMILES string of the molecule is C[C@@]12CCC(=O)N1[C@@H](C(=O)N1CCc3ccccc31)CS2. The zero-order valence-corrected chi connectivity index (χ0v) is 12.9. The Morgan fingerprint density at radius 1 is 1.33 bits per heavy atom. The molecule has 1 aromatic rings. The van der Waals surface area contributed by atoms with Crippen molar-refractivity contribution in [2.75, 3.05) is 17.2 Å². The Balaban J connectivity index is 1.63. The fourth-order valence-corrected chi connectivity index (χ4v) is 5.17. The van der Waals surface area contributed by atoms with E-state index in [2.05, 4.69) is 13.0 Å². The number of nitrogens with zero attached hydrogens (tertiary/aromatic N) is 2. The van der Waals surface area contributed by atoms with Gasteiger partial charge >= 0.3 is 0 Å². The third-order valence-corrected chi connectivity index (χ3v) is 6.39. The molecule has 0 radical (unpaired) electrons. The van der Waals surface area contributed by atoms with E-state index >= 15 is 0 Å². The second kappa shape index (κ2) is 4.50. The number of rotatable bonds is 1. The minimum atomic E-state index is -0.291. The molecule has 0 aromatic heterocycles. The molecule has 3 aliphatic heterocycles. The first-order valence-electron chi connectivity index (χ1n) is 7.45.